The highest BCUT2D eigenvalue weighted by molar-refractivity contribution is 9.10. The number of carbonyl (C=O) groups excluding carboxylic acids is 1. The molecule has 1 amide bonds. The second kappa shape index (κ2) is 8.19. The zero-order valence-electron chi connectivity index (χ0n) is 12.1. The highest BCUT2D eigenvalue weighted by Crippen LogP contribution is 2.16. The molecule has 0 bridgehead atoms. The van der Waals surface area contributed by atoms with E-state index in [1.165, 1.54) is 11.8 Å². The topological polar surface area (TPSA) is 79.8 Å². The molecule has 0 saturated heterocycles. The molecule has 6 nitrogen and oxygen atoms in total. The van der Waals surface area contributed by atoms with Crippen LogP contribution in [0.1, 0.15) is 19.8 Å². The normalized spacial score (nSPS) is 10.6. The smallest absolute Gasteiger partial charge is 0.325 e. The van der Waals surface area contributed by atoms with Crippen molar-refractivity contribution in [2.75, 3.05) is 11.1 Å². The quantitative estimate of drug-likeness (QED) is 0.719. The minimum atomic E-state index is -0.232. The van der Waals surface area contributed by atoms with E-state index >= 15 is 0 Å². The third kappa shape index (κ3) is 4.74. The maximum absolute atomic E-state index is 11.9. The van der Waals surface area contributed by atoms with Crippen molar-refractivity contribution in [3.8, 4) is 0 Å². The Morgan fingerprint density at radius 1 is 1.41 bits per heavy atom. The zero-order valence-corrected chi connectivity index (χ0v) is 14.5. The average molecular weight is 385 g/mol. The molecule has 2 rings (SSSR count). The van der Waals surface area contributed by atoms with Crippen LogP contribution in [0, 0.1) is 0 Å². The summed E-state index contributed by atoms with van der Waals surface area (Å²) in [5, 5.41) is 9.74. The first-order chi connectivity index (χ1) is 10.6. The van der Waals surface area contributed by atoms with E-state index in [1.54, 1.807) is 4.57 Å². The van der Waals surface area contributed by atoms with Crippen molar-refractivity contribution in [2.45, 2.75) is 31.5 Å². The summed E-state index contributed by atoms with van der Waals surface area (Å²) in [6.45, 7) is 2.67. The van der Waals surface area contributed by atoms with Crippen LogP contribution in [-0.2, 0) is 11.3 Å². The van der Waals surface area contributed by atoms with Crippen LogP contribution in [-0.4, -0.2) is 26.4 Å². The van der Waals surface area contributed by atoms with Gasteiger partial charge in [0.05, 0.1) is 5.75 Å². The van der Waals surface area contributed by atoms with E-state index in [4.69, 9.17) is 0 Å². The molecule has 1 aromatic carbocycles. The lowest BCUT2D eigenvalue weighted by molar-refractivity contribution is -0.113. The Morgan fingerprint density at radius 2 is 2.14 bits per heavy atom. The molecule has 118 valence electrons. The van der Waals surface area contributed by atoms with Crippen LogP contribution in [0.3, 0.4) is 0 Å². The number of hydrogen-bond donors (Lipinski definition) is 2. The number of nitrogens with zero attached hydrogens (tertiary/aromatic N) is 2. The van der Waals surface area contributed by atoms with Gasteiger partial charge in [-0.05, 0) is 30.7 Å². The van der Waals surface area contributed by atoms with Gasteiger partial charge in [-0.2, -0.15) is 0 Å². The molecule has 0 fully saturated rings. The SMILES string of the molecule is CCCCn1c(SCC(=O)Nc2ccc(Br)cc2)n[nH]c1=O. The lowest BCUT2D eigenvalue weighted by atomic mass is 10.3. The molecule has 1 aromatic heterocycles. The Hall–Kier alpha value is -1.54. The highest BCUT2D eigenvalue weighted by atomic mass is 79.9. The molecule has 0 aliphatic heterocycles. The number of unbranched alkanes of at least 4 members (excludes halogenated alkanes) is 1. The molecule has 22 heavy (non-hydrogen) atoms. The Kier molecular flexibility index (Phi) is 6.26. The van der Waals surface area contributed by atoms with Crippen LogP contribution < -0.4 is 11.0 Å². The number of benzene rings is 1. The van der Waals surface area contributed by atoms with Crippen molar-refractivity contribution in [1.82, 2.24) is 14.8 Å². The number of hydrogen-bond acceptors (Lipinski definition) is 4. The summed E-state index contributed by atoms with van der Waals surface area (Å²) in [5.74, 6) is 0.0664. The van der Waals surface area contributed by atoms with Gasteiger partial charge in [-0.25, -0.2) is 9.89 Å². The Balaban J connectivity index is 1.91. The van der Waals surface area contributed by atoms with Crippen LogP contribution in [0.15, 0.2) is 38.7 Å². The predicted molar refractivity (Wildman–Crippen MR) is 91.3 cm³/mol. The number of aromatic amines is 1. The lowest BCUT2D eigenvalue weighted by Gasteiger charge is -2.06. The monoisotopic (exact) mass is 384 g/mol. The van der Waals surface area contributed by atoms with Crippen molar-refractivity contribution < 1.29 is 4.79 Å². The second-order valence-corrected chi connectivity index (χ2v) is 6.52. The van der Waals surface area contributed by atoms with Gasteiger partial charge in [0.1, 0.15) is 0 Å². The van der Waals surface area contributed by atoms with Gasteiger partial charge in [-0.15, -0.1) is 5.10 Å². The highest BCUT2D eigenvalue weighted by Gasteiger charge is 2.11. The Morgan fingerprint density at radius 3 is 2.82 bits per heavy atom. The van der Waals surface area contributed by atoms with Gasteiger partial charge >= 0.3 is 5.69 Å². The van der Waals surface area contributed by atoms with Gasteiger partial charge in [-0.1, -0.05) is 41.0 Å². The van der Waals surface area contributed by atoms with E-state index in [1.807, 2.05) is 24.3 Å². The summed E-state index contributed by atoms with van der Waals surface area (Å²) in [6, 6.07) is 7.36. The summed E-state index contributed by atoms with van der Waals surface area (Å²) in [6.07, 6.45) is 1.89. The third-order valence-electron chi connectivity index (χ3n) is 2.92. The maximum atomic E-state index is 11.9. The summed E-state index contributed by atoms with van der Waals surface area (Å²) in [7, 11) is 0. The van der Waals surface area contributed by atoms with Crippen molar-refractivity contribution >= 4 is 39.3 Å². The average Bonchev–Trinajstić information content (AvgIpc) is 2.86. The largest absolute Gasteiger partial charge is 0.343 e. The van der Waals surface area contributed by atoms with Crippen LogP contribution in [0.2, 0.25) is 0 Å². The summed E-state index contributed by atoms with van der Waals surface area (Å²) in [4.78, 5) is 23.6. The van der Waals surface area contributed by atoms with Crippen LogP contribution >= 0.6 is 27.7 Å². The summed E-state index contributed by atoms with van der Waals surface area (Å²) in [5.41, 5.74) is 0.503. The number of anilines is 1. The Labute approximate surface area is 140 Å². The van der Waals surface area contributed by atoms with Gasteiger partial charge in [0.25, 0.3) is 0 Å². The molecule has 0 atom stereocenters. The number of aromatic nitrogens is 3. The number of amides is 1. The fraction of sp³-hybridized carbons (Fsp3) is 0.357. The van der Waals surface area contributed by atoms with Crippen LogP contribution in [0.5, 0.6) is 0 Å². The molecular formula is C14H17BrN4O2S. The second-order valence-electron chi connectivity index (χ2n) is 4.66. The Bertz CT molecular complexity index is 681. The van der Waals surface area contributed by atoms with Gasteiger partial charge in [-0.3, -0.25) is 9.36 Å². The molecule has 0 aliphatic rings. The fourth-order valence-corrected chi connectivity index (χ4v) is 2.82. The van der Waals surface area contributed by atoms with Gasteiger partial charge in [0, 0.05) is 16.7 Å². The molecule has 0 aliphatic carbocycles. The van der Waals surface area contributed by atoms with Crippen LogP contribution in [0.4, 0.5) is 5.69 Å². The summed E-state index contributed by atoms with van der Waals surface area (Å²) >= 11 is 4.59. The van der Waals surface area contributed by atoms with E-state index in [9.17, 15) is 9.59 Å². The molecule has 1 heterocycles. The van der Waals surface area contributed by atoms with Gasteiger partial charge in [0.2, 0.25) is 5.91 Å². The van der Waals surface area contributed by atoms with Gasteiger partial charge < -0.3 is 5.32 Å². The molecule has 8 heteroatoms. The first-order valence-corrected chi connectivity index (χ1v) is 8.71. The van der Waals surface area contributed by atoms with Crippen molar-refractivity contribution in [2.24, 2.45) is 0 Å². The number of thioether (sulfide) groups is 1. The van der Waals surface area contributed by atoms with Crippen LogP contribution in [0.25, 0.3) is 0 Å². The number of H-pyrrole nitrogens is 1. The number of carbonyl (C=O) groups is 1. The molecule has 2 aromatic rings. The van der Waals surface area contributed by atoms with E-state index < -0.39 is 0 Å². The minimum absolute atomic E-state index is 0.134. The van der Waals surface area contributed by atoms with E-state index in [0.29, 0.717) is 11.7 Å². The molecule has 0 unspecified atom stereocenters. The number of halogens is 1. The lowest BCUT2D eigenvalue weighted by Crippen LogP contribution is -2.19. The van der Waals surface area contributed by atoms with E-state index in [2.05, 4.69) is 38.4 Å². The van der Waals surface area contributed by atoms with E-state index in [0.717, 1.165) is 23.0 Å². The molecule has 0 saturated carbocycles. The fourth-order valence-electron chi connectivity index (χ4n) is 1.79. The standard InChI is InChI=1S/C14H17BrN4O2S/c1-2-3-8-19-13(21)17-18-14(19)22-9-12(20)16-11-6-4-10(15)5-7-11/h4-7H,2-3,8-9H2,1H3,(H,16,20)(H,17,21). The molecule has 2 N–H and O–H groups in total. The number of nitrogens with one attached hydrogen (secondary N) is 2. The minimum Gasteiger partial charge on any atom is -0.325 e. The zero-order chi connectivity index (χ0) is 15.9. The molecule has 0 spiro atoms. The summed E-state index contributed by atoms with van der Waals surface area (Å²) < 4.78 is 2.53. The third-order valence-corrected chi connectivity index (χ3v) is 4.42. The van der Waals surface area contributed by atoms with Crippen molar-refractivity contribution in [3.63, 3.8) is 0 Å². The van der Waals surface area contributed by atoms with Gasteiger partial charge in [0.15, 0.2) is 5.16 Å². The van der Waals surface area contributed by atoms with E-state index in [-0.39, 0.29) is 17.3 Å². The first kappa shape index (κ1) is 16.8. The number of rotatable bonds is 7. The molecular weight excluding hydrogens is 368 g/mol. The predicted octanol–water partition coefficient (Wildman–Crippen LogP) is 2.86. The molecule has 0 radical (unpaired) electrons. The maximum Gasteiger partial charge on any atom is 0.343 e. The van der Waals surface area contributed by atoms with Crippen molar-refractivity contribution in [1.29, 1.82) is 0 Å². The first-order valence-electron chi connectivity index (χ1n) is 6.93. The van der Waals surface area contributed by atoms with Crippen molar-refractivity contribution in [3.05, 3.63) is 39.2 Å².